The van der Waals surface area contributed by atoms with Crippen molar-refractivity contribution >= 4 is 17.3 Å². The van der Waals surface area contributed by atoms with Crippen LogP contribution < -0.4 is 4.90 Å². The molecule has 3 heteroatoms. The third kappa shape index (κ3) is 2.24. The Balaban J connectivity index is 2.19. The van der Waals surface area contributed by atoms with Crippen LogP contribution in [0.3, 0.4) is 0 Å². The molecule has 0 saturated carbocycles. The van der Waals surface area contributed by atoms with E-state index in [9.17, 15) is 0 Å². The van der Waals surface area contributed by atoms with E-state index in [0.29, 0.717) is 6.54 Å². The molecule has 15 heavy (non-hydrogen) atoms. The molecular formula is C12H13ClN2. The predicted octanol–water partition coefficient (Wildman–Crippen LogP) is 2.57. The van der Waals surface area contributed by atoms with E-state index in [4.69, 9.17) is 16.9 Å². The van der Waals surface area contributed by atoms with E-state index in [0.717, 1.165) is 19.4 Å². The molecule has 1 unspecified atom stereocenters. The molecular weight excluding hydrogens is 208 g/mol. The number of anilines is 1. The van der Waals surface area contributed by atoms with Crippen LogP contribution in [0.1, 0.15) is 12.0 Å². The van der Waals surface area contributed by atoms with Gasteiger partial charge in [0.1, 0.15) is 5.38 Å². The summed E-state index contributed by atoms with van der Waals surface area (Å²) in [5.74, 6) is 0. The molecule has 0 N–H and O–H groups in total. The molecule has 0 aromatic heterocycles. The van der Waals surface area contributed by atoms with Crippen molar-refractivity contribution in [2.75, 3.05) is 18.0 Å². The number of alkyl halides is 1. The summed E-state index contributed by atoms with van der Waals surface area (Å²) in [5, 5.41) is 8.28. The molecule has 2 rings (SSSR count). The summed E-state index contributed by atoms with van der Waals surface area (Å²) < 4.78 is 0. The third-order valence-electron chi connectivity index (χ3n) is 2.73. The van der Waals surface area contributed by atoms with E-state index in [1.807, 2.05) is 6.07 Å². The lowest BCUT2D eigenvalue weighted by atomic mass is 10.0. The van der Waals surface area contributed by atoms with Crippen molar-refractivity contribution < 1.29 is 0 Å². The first-order chi connectivity index (χ1) is 7.31. The Morgan fingerprint density at radius 2 is 2.27 bits per heavy atom. The fourth-order valence-electron chi connectivity index (χ4n) is 2.04. The van der Waals surface area contributed by atoms with Crippen LogP contribution in [0.5, 0.6) is 0 Å². The average molecular weight is 221 g/mol. The number of fused-ring (bicyclic) bond motifs is 1. The van der Waals surface area contributed by atoms with Gasteiger partial charge in [0.25, 0.3) is 0 Å². The minimum absolute atomic E-state index is 0.420. The Labute approximate surface area is 95.1 Å². The number of hydrogen-bond donors (Lipinski definition) is 0. The van der Waals surface area contributed by atoms with E-state index in [1.54, 1.807) is 0 Å². The highest BCUT2D eigenvalue weighted by atomic mass is 35.5. The standard InChI is InChI=1S/C12H13ClN2/c13-11(8-14)9-15-7-3-5-10-4-1-2-6-12(10)15/h1-2,4,6,11H,3,5,7,9H2. The molecule has 1 aromatic carbocycles. The molecule has 78 valence electrons. The van der Waals surface area contributed by atoms with Crippen molar-refractivity contribution in [2.24, 2.45) is 0 Å². The van der Waals surface area contributed by atoms with Crippen LogP contribution in [0.2, 0.25) is 0 Å². The van der Waals surface area contributed by atoms with Gasteiger partial charge in [-0.2, -0.15) is 5.26 Å². The molecule has 0 aliphatic carbocycles. The van der Waals surface area contributed by atoms with Gasteiger partial charge in [-0.1, -0.05) is 18.2 Å². The molecule has 0 bridgehead atoms. The fraction of sp³-hybridized carbons (Fsp3) is 0.417. The zero-order valence-electron chi connectivity index (χ0n) is 8.49. The van der Waals surface area contributed by atoms with E-state index in [1.165, 1.54) is 11.3 Å². The Morgan fingerprint density at radius 3 is 3.07 bits per heavy atom. The van der Waals surface area contributed by atoms with Gasteiger partial charge in [-0.15, -0.1) is 11.6 Å². The molecule has 1 heterocycles. The van der Waals surface area contributed by atoms with E-state index in [-0.39, 0.29) is 0 Å². The van der Waals surface area contributed by atoms with E-state index >= 15 is 0 Å². The van der Waals surface area contributed by atoms with Gasteiger partial charge in [-0.3, -0.25) is 0 Å². The highest BCUT2D eigenvalue weighted by Crippen LogP contribution is 2.26. The monoisotopic (exact) mass is 220 g/mol. The second kappa shape index (κ2) is 4.55. The van der Waals surface area contributed by atoms with Gasteiger partial charge in [0.15, 0.2) is 0 Å². The lowest BCUT2D eigenvalue weighted by molar-refractivity contribution is 0.696. The SMILES string of the molecule is N#CC(Cl)CN1CCCc2ccccc21. The quantitative estimate of drug-likeness (QED) is 0.717. The normalized spacial score (nSPS) is 16.7. The smallest absolute Gasteiger partial charge is 0.137 e. The molecule has 0 saturated heterocycles. The van der Waals surface area contributed by atoms with Gasteiger partial charge in [0.2, 0.25) is 0 Å². The Kier molecular flexibility index (Phi) is 3.13. The number of halogens is 1. The summed E-state index contributed by atoms with van der Waals surface area (Å²) in [4.78, 5) is 2.21. The first kappa shape index (κ1) is 10.3. The third-order valence-corrected chi connectivity index (χ3v) is 2.96. The lowest BCUT2D eigenvalue weighted by Crippen LogP contribution is -2.33. The summed E-state index contributed by atoms with van der Waals surface area (Å²) in [6.07, 6.45) is 2.28. The van der Waals surface area contributed by atoms with Crippen LogP contribution in [0.25, 0.3) is 0 Å². The number of aryl methyl sites for hydroxylation is 1. The maximum atomic E-state index is 8.70. The van der Waals surface area contributed by atoms with Crippen LogP contribution in [-0.2, 0) is 6.42 Å². The number of hydrogen-bond acceptors (Lipinski definition) is 2. The predicted molar refractivity (Wildman–Crippen MR) is 62.2 cm³/mol. The zero-order valence-corrected chi connectivity index (χ0v) is 9.24. The summed E-state index contributed by atoms with van der Waals surface area (Å²) in [5.41, 5.74) is 2.61. The highest BCUT2D eigenvalue weighted by molar-refractivity contribution is 6.22. The summed E-state index contributed by atoms with van der Waals surface area (Å²) in [6, 6.07) is 10.4. The minimum atomic E-state index is -0.420. The summed E-state index contributed by atoms with van der Waals surface area (Å²) in [6.45, 7) is 1.62. The number of benzene rings is 1. The Bertz CT molecular complexity index is 383. The van der Waals surface area contributed by atoms with Crippen LogP contribution in [0.4, 0.5) is 5.69 Å². The van der Waals surface area contributed by atoms with Gasteiger partial charge in [0.05, 0.1) is 6.07 Å². The molecule has 1 atom stereocenters. The number of para-hydroxylation sites is 1. The van der Waals surface area contributed by atoms with Crippen molar-refractivity contribution in [1.82, 2.24) is 0 Å². The largest absolute Gasteiger partial charge is 0.369 e. The number of nitriles is 1. The molecule has 0 radical (unpaired) electrons. The van der Waals surface area contributed by atoms with Crippen molar-refractivity contribution in [3.8, 4) is 6.07 Å². The second-order valence-corrected chi connectivity index (χ2v) is 4.30. The summed E-state index contributed by atoms with van der Waals surface area (Å²) >= 11 is 5.86. The second-order valence-electron chi connectivity index (χ2n) is 3.77. The van der Waals surface area contributed by atoms with Gasteiger partial charge < -0.3 is 4.90 Å². The van der Waals surface area contributed by atoms with Gasteiger partial charge in [-0.25, -0.2) is 0 Å². The van der Waals surface area contributed by atoms with E-state index < -0.39 is 5.38 Å². The van der Waals surface area contributed by atoms with Crippen LogP contribution in [-0.4, -0.2) is 18.5 Å². The lowest BCUT2D eigenvalue weighted by Gasteiger charge is -2.31. The van der Waals surface area contributed by atoms with E-state index in [2.05, 4.69) is 29.2 Å². The van der Waals surface area contributed by atoms with Crippen LogP contribution in [0, 0.1) is 11.3 Å². The molecule has 1 aromatic rings. The maximum Gasteiger partial charge on any atom is 0.137 e. The summed E-state index contributed by atoms with van der Waals surface area (Å²) in [7, 11) is 0. The van der Waals surface area contributed by atoms with Crippen LogP contribution in [0.15, 0.2) is 24.3 Å². The number of rotatable bonds is 2. The minimum Gasteiger partial charge on any atom is -0.369 e. The van der Waals surface area contributed by atoms with Crippen molar-refractivity contribution in [3.05, 3.63) is 29.8 Å². The van der Waals surface area contributed by atoms with Crippen molar-refractivity contribution in [1.29, 1.82) is 5.26 Å². The molecule has 0 amide bonds. The van der Waals surface area contributed by atoms with Gasteiger partial charge in [-0.05, 0) is 24.5 Å². The molecule has 1 aliphatic rings. The number of nitrogens with zero attached hydrogens (tertiary/aromatic N) is 2. The van der Waals surface area contributed by atoms with Crippen molar-refractivity contribution in [2.45, 2.75) is 18.2 Å². The molecule has 0 fully saturated rings. The van der Waals surface area contributed by atoms with Crippen molar-refractivity contribution in [3.63, 3.8) is 0 Å². The van der Waals surface area contributed by atoms with Gasteiger partial charge in [0, 0.05) is 18.8 Å². The molecule has 0 spiro atoms. The molecule has 2 nitrogen and oxygen atoms in total. The van der Waals surface area contributed by atoms with Crippen LogP contribution >= 0.6 is 11.6 Å². The molecule has 1 aliphatic heterocycles. The fourth-order valence-corrected chi connectivity index (χ4v) is 2.20. The first-order valence-corrected chi connectivity index (χ1v) is 5.61. The first-order valence-electron chi connectivity index (χ1n) is 5.18. The highest BCUT2D eigenvalue weighted by Gasteiger charge is 2.18. The topological polar surface area (TPSA) is 27.0 Å². The average Bonchev–Trinajstić information content (AvgIpc) is 2.29. The van der Waals surface area contributed by atoms with Gasteiger partial charge >= 0.3 is 0 Å². The zero-order chi connectivity index (χ0) is 10.7. The maximum absolute atomic E-state index is 8.70. The Hall–Kier alpha value is -1.20. The Morgan fingerprint density at radius 1 is 1.47 bits per heavy atom.